The number of rotatable bonds is 4. The summed E-state index contributed by atoms with van der Waals surface area (Å²) in [6.45, 7) is 0. The minimum atomic E-state index is 0.713. The van der Waals surface area contributed by atoms with Crippen LogP contribution >= 0.6 is 11.6 Å². The van der Waals surface area contributed by atoms with Crippen LogP contribution in [0.4, 0.5) is 11.5 Å². The zero-order valence-electron chi connectivity index (χ0n) is 13.4. The first-order valence-corrected chi connectivity index (χ1v) is 8.41. The standard InChI is InChI=1S/C21H16ClN3/c22-17-11-13-18(14-12-17)23-21-15-20(16-7-3-1-4-8-16)25(24-21)19-9-5-2-6-10-19/h1-15H,(H,23,24). The molecule has 0 aliphatic carbocycles. The van der Waals surface area contributed by atoms with Crippen molar-refractivity contribution in [3.63, 3.8) is 0 Å². The molecule has 122 valence electrons. The van der Waals surface area contributed by atoms with Gasteiger partial charge in [0.25, 0.3) is 0 Å². The Hall–Kier alpha value is -3.04. The quantitative estimate of drug-likeness (QED) is 0.496. The molecular weight excluding hydrogens is 330 g/mol. The molecule has 0 spiro atoms. The highest BCUT2D eigenvalue weighted by molar-refractivity contribution is 6.30. The van der Waals surface area contributed by atoms with E-state index in [1.165, 1.54) is 0 Å². The second-order valence-corrected chi connectivity index (χ2v) is 6.10. The van der Waals surface area contributed by atoms with Crippen LogP contribution in [-0.2, 0) is 0 Å². The van der Waals surface area contributed by atoms with Crippen LogP contribution < -0.4 is 5.32 Å². The highest BCUT2D eigenvalue weighted by atomic mass is 35.5. The SMILES string of the molecule is Clc1ccc(Nc2cc(-c3ccccc3)n(-c3ccccc3)n2)cc1. The van der Waals surface area contributed by atoms with E-state index >= 15 is 0 Å². The molecule has 0 unspecified atom stereocenters. The number of aromatic nitrogens is 2. The third-order valence-electron chi connectivity index (χ3n) is 3.90. The molecule has 1 aromatic heterocycles. The molecule has 0 amide bonds. The van der Waals surface area contributed by atoms with Gasteiger partial charge >= 0.3 is 0 Å². The molecule has 4 rings (SSSR count). The first-order chi connectivity index (χ1) is 12.3. The number of hydrogen-bond acceptors (Lipinski definition) is 2. The van der Waals surface area contributed by atoms with E-state index < -0.39 is 0 Å². The van der Waals surface area contributed by atoms with Crippen molar-refractivity contribution < 1.29 is 0 Å². The summed E-state index contributed by atoms with van der Waals surface area (Å²) in [5.74, 6) is 0.782. The van der Waals surface area contributed by atoms with E-state index in [1.807, 2.05) is 77.5 Å². The van der Waals surface area contributed by atoms with E-state index in [0.717, 1.165) is 28.5 Å². The fourth-order valence-electron chi connectivity index (χ4n) is 2.70. The van der Waals surface area contributed by atoms with E-state index in [-0.39, 0.29) is 0 Å². The van der Waals surface area contributed by atoms with Gasteiger partial charge in [0, 0.05) is 22.3 Å². The molecule has 1 heterocycles. The van der Waals surface area contributed by atoms with Crippen molar-refractivity contribution in [1.29, 1.82) is 0 Å². The molecule has 0 fully saturated rings. The van der Waals surface area contributed by atoms with E-state index in [9.17, 15) is 0 Å². The van der Waals surface area contributed by atoms with Crippen LogP contribution in [0, 0.1) is 0 Å². The summed E-state index contributed by atoms with van der Waals surface area (Å²) in [6.07, 6.45) is 0. The number of nitrogens with zero attached hydrogens (tertiary/aromatic N) is 2. The number of halogens is 1. The van der Waals surface area contributed by atoms with Crippen LogP contribution in [0.15, 0.2) is 91.0 Å². The van der Waals surface area contributed by atoms with Crippen LogP contribution in [0.3, 0.4) is 0 Å². The van der Waals surface area contributed by atoms with Crippen molar-refractivity contribution >= 4 is 23.1 Å². The second kappa shape index (κ2) is 6.83. The molecule has 4 aromatic rings. The van der Waals surface area contributed by atoms with Crippen LogP contribution in [0.2, 0.25) is 5.02 Å². The summed E-state index contributed by atoms with van der Waals surface area (Å²) in [4.78, 5) is 0. The molecule has 3 aromatic carbocycles. The van der Waals surface area contributed by atoms with Crippen molar-refractivity contribution in [2.75, 3.05) is 5.32 Å². The molecule has 0 saturated carbocycles. The normalized spacial score (nSPS) is 10.6. The van der Waals surface area contributed by atoms with E-state index in [0.29, 0.717) is 5.02 Å². The van der Waals surface area contributed by atoms with Gasteiger partial charge < -0.3 is 5.32 Å². The summed E-state index contributed by atoms with van der Waals surface area (Å²) < 4.78 is 1.95. The number of anilines is 2. The van der Waals surface area contributed by atoms with Crippen molar-refractivity contribution in [2.45, 2.75) is 0 Å². The zero-order chi connectivity index (χ0) is 17.1. The minimum absolute atomic E-state index is 0.713. The Labute approximate surface area is 151 Å². The lowest BCUT2D eigenvalue weighted by Gasteiger charge is -2.07. The lowest BCUT2D eigenvalue weighted by molar-refractivity contribution is 0.892. The summed E-state index contributed by atoms with van der Waals surface area (Å²) >= 11 is 5.96. The maximum Gasteiger partial charge on any atom is 0.153 e. The van der Waals surface area contributed by atoms with Crippen molar-refractivity contribution in [2.24, 2.45) is 0 Å². The van der Waals surface area contributed by atoms with Gasteiger partial charge in [0.2, 0.25) is 0 Å². The first kappa shape index (κ1) is 15.5. The van der Waals surface area contributed by atoms with Crippen molar-refractivity contribution in [3.05, 3.63) is 96.0 Å². The Kier molecular flexibility index (Phi) is 4.23. The molecule has 0 bridgehead atoms. The second-order valence-electron chi connectivity index (χ2n) is 5.66. The van der Waals surface area contributed by atoms with Crippen LogP contribution in [0.1, 0.15) is 0 Å². The number of hydrogen-bond donors (Lipinski definition) is 1. The molecule has 0 aliphatic rings. The van der Waals surface area contributed by atoms with E-state index in [2.05, 4.69) is 23.5 Å². The summed E-state index contributed by atoms with van der Waals surface area (Å²) in [5, 5.41) is 8.80. The third kappa shape index (κ3) is 3.42. The average Bonchev–Trinajstić information content (AvgIpc) is 3.09. The predicted octanol–water partition coefficient (Wildman–Crippen LogP) is 5.94. The Morgan fingerprint density at radius 2 is 1.40 bits per heavy atom. The maximum atomic E-state index is 5.96. The van der Waals surface area contributed by atoms with Gasteiger partial charge in [-0.05, 0) is 36.4 Å². The predicted molar refractivity (Wildman–Crippen MR) is 104 cm³/mol. The first-order valence-electron chi connectivity index (χ1n) is 8.03. The zero-order valence-corrected chi connectivity index (χ0v) is 14.2. The van der Waals surface area contributed by atoms with Gasteiger partial charge in [-0.3, -0.25) is 0 Å². The lowest BCUT2D eigenvalue weighted by Crippen LogP contribution is -1.99. The topological polar surface area (TPSA) is 29.9 Å². The molecule has 4 heteroatoms. The summed E-state index contributed by atoms with van der Waals surface area (Å²) in [5.41, 5.74) is 4.11. The summed E-state index contributed by atoms with van der Waals surface area (Å²) in [6, 6.07) is 30.0. The smallest absolute Gasteiger partial charge is 0.153 e. The molecule has 0 radical (unpaired) electrons. The monoisotopic (exact) mass is 345 g/mol. The Morgan fingerprint density at radius 3 is 2.08 bits per heavy atom. The number of benzene rings is 3. The number of para-hydroxylation sites is 1. The van der Waals surface area contributed by atoms with Gasteiger partial charge in [-0.15, -0.1) is 5.10 Å². The van der Waals surface area contributed by atoms with Crippen LogP contribution in [-0.4, -0.2) is 9.78 Å². The molecule has 0 saturated heterocycles. The van der Waals surface area contributed by atoms with Gasteiger partial charge in [-0.1, -0.05) is 60.1 Å². The molecule has 0 atom stereocenters. The molecule has 3 nitrogen and oxygen atoms in total. The molecule has 0 aliphatic heterocycles. The van der Waals surface area contributed by atoms with E-state index in [1.54, 1.807) is 0 Å². The van der Waals surface area contributed by atoms with Gasteiger partial charge in [0.15, 0.2) is 5.82 Å². The maximum absolute atomic E-state index is 5.96. The Balaban J connectivity index is 1.77. The lowest BCUT2D eigenvalue weighted by atomic mass is 10.1. The average molecular weight is 346 g/mol. The molecule has 25 heavy (non-hydrogen) atoms. The summed E-state index contributed by atoms with van der Waals surface area (Å²) in [7, 11) is 0. The van der Waals surface area contributed by atoms with E-state index in [4.69, 9.17) is 16.7 Å². The highest BCUT2D eigenvalue weighted by Crippen LogP contribution is 2.27. The Morgan fingerprint density at radius 1 is 0.760 bits per heavy atom. The van der Waals surface area contributed by atoms with Crippen molar-refractivity contribution in [1.82, 2.24) is 9.78 Å². The minimum Gasteiger partial charge on any atom is -0.339 e. The van der Waals surface area contributed by atoms with Gasteiger partial charge in [0.1, 0.15) is 0 Å². The van der Waals surface area contributed by atoms with Gasteiger partial charge in [-0.2, -0.15) is 0 Å². The molecule has 1 N–H and O–H groups in total. The third-order valence-corrected chi connectivity index (χ3v) is 4.15. The highest BCUT2D eigenvalue weighted by Gasteiger charge is 2.11. The number of nitrogens with one attached hydrogen (secondary N) is 1. The van der Waals surface area contributed by atoms with Gasteiger partial charge in [-0.25, -0.2) is 4.68 Å². The van der Waals surface area contributed by atoms with Gasteiger partial charge in [0.05, 0.1) is 11.4 Å². The Bertz CT molecular complexity index is 904. The fraction of sp³-hybridized carbons (Fsp3) is 0. The van der Waals surface area contributed by atoms with Crippen molar-refractivity contribution in [3.8, 4) is 16.9 Å². The van der Waals surface area contributed by atoms with Crippen LogP contribution in [0.25, 0.3) is 16.9 Å². The fourth-order valence-corrected chi connectivity index (χ4v) is 2.83. The van der Waals surface area contributed by atoms with Crippen LogP contribution in [0.5, 0.6) is 0 Å². The molecular formula is C21H16ClN3. The largest absolute Gasteiger partial charge is 0.339 e.